The Morgan fingerprint density at radius 2 is 1.67 bits per heavy atom. The molecular formula is C16H14ClF3N2O4S. The minimum atomic E-state index is -4.82. The van der Waals surface area contributed by atoms with E-state index in [4.69, 9.17) is 11.6 Å². The number of hydrogen-bond donors (Lipinski definition) is 1. The molecule has 2 aromatic carbocycles. The first-order valence-corrected chi connectivity index (χ1v) is 9.55. The second-order valence-electron chi connectivity index (χ2n) is 5.37. The van der Waals surface area contributed by atoms with Crippen LogP contribution in [0.4, 0.5) is 24.5 Å². The molecule has 146 valence electrons. The summed E-state index contributed by atoms with van der Waals surface area (Å²) in [6.45, 7) is -0.527. The van der Waals surface area contributed by atoms with Crippen LogP contribution in [0.3, 0.4) is 0 Å². The standard InChI is InChI=1S/C16H14ClF3N2O4S/c1-27(24,25)22(13-6-2-11(17)3-7-13)10-15(23)21-12-4-8-14(9-5-12)26-16(18,19)20/h2-9H,10H2,1H3,(H,21,23). The molecule has 0 saturated carbocycles. The van der Waals surface area contributed by atoms with Crippen LogP contribution in [0, 0.1) is 0 Å². The zero-order chi connectivity index (χ0) is 20.2. The molecule has 0 atom stereocenters. The van der Waals surface area contributed by atoms with Crippen LogP contribution in [-0.4, -0.2) is 33.5 Å². The van der Waals surface area contributed by atoms with E-state index in [1.54, 1.807) is 0 Å². The van der Waals surface area contributed by atoms with Crippen molar-refractivity contribution in [3.05, 3.63) is 53.6 Å². The van der Waals surface area contributed by atoms with Gasteiger partial charge in [-0.15, -0.1) is 13.2 Å². The van der Waals surface area contributed by atoms with Crippen molar-refractivity contribution in [2.75, 3.05) is 22.4 Å². The number of sulfonamides is 1. The zero-order valence-corrected chi connectivity index (χ0v) is 15.4. The number of anilines is 2. The third-order valence-electron chi connectivity index (χ3n) is 3.17. The van der Waals surface area contributed by atoms with Crippen LogP contribution < -0.4 is 14.4 Å². The predicted octanol–water partition coefficient (Wildman–Crippen LogP) is 3.64. The highest BCUT2D eigenvalue weighted by atomic mass is 35.5. The van der Waals surface area contributed by atoms with Crippen LogP contribution in [0.15, 0.2) is 48.5 Å². The minimum absolute atomic E-state index is 0.180. The molecular weight excluding hydrogens is 409 g/mol. The highest BCUT2D eigenvalue weighted by Crippen LogP contribution is 2.24. The van der Waals surface area contributed by atoms with Gasteiger partial charge < -0.3 is 10.1 Å². The number of halogens is 4. The molecule has 1 N–H and O–H groups in total. The molecule has 2 aromatic rings. The summed E-state index contributed by atoms with van der Waals surface area (Å²) in [5, 5.41) is 2.81. The van der Waals surface area contributed by atoms with Crippen molar-refractivity contribution in [3.8, 4) is 5.75 Å². The topological polar surface area (TPSA) is 75.7 Å². The Bertz CT molecular complexity index is 901. The molecule has 0 saturated heterocycles. The minimum Gasteiger partial charge on any atom is -0.406 e. The summed E-state index contributed by atoms with van der Waals surface area (Å²) in [6.07, 6.45) is -3.88. The van der Waals surface area contributed by atoms with E-state index in [1.165, 1.54) is 36.4 Å². The molecule has 27 heavy (non-hydrogen) atoms. The van der Waals surface area contributed by atoms with E-state index in [1.807, 2.05) is 0 Å². The summed E-state index contributed by atoms with van der Waals surface area (Å²) >= 11 is 5.77. The van der Waals surface area contributed by atoms with Crippen LogP contribution >= 0.6 is 11.6 Å². The molecule has 2 rings (SSSR count). The number of rotatable bonds is 6. The first-order valence-electron chi connectivity index (χ1n) is 7.33. The van der Waals surface area contributed by atoms with E-state index in [-0.39, 0.29) is 11.4 Å². The molecule has 0 aliphatic carbocycles. The number of nitrogens with one attached hydrogen (secondary N) is 1. The van der Waals surface area contributed by atoms with E-state index in [2.05, 4.69) is 10.1 Å². The number of ether oxygens (including phenoxy) is 1. The molecule has 0 unspecified atom stereocenters. The summed E-state index contributed by atoms with van der Waals surface area (Å²) in [7, 11) is -3.76. The van der Waals surface area contributed by atoms with Crippen molar-refractivity contribution < 1.29 is 31.1 Å². The molecule has 0 heterocycles. The number of alkyl halides is 3. The molecule has 0 aliphatic rings. The average Bonchev–Trinajstić information content (AvgIpc) is 2.53. The van der Waals surface area contributed by atoms with Gasteiger partial charge in [-0.1, -0.05) is 11.6 Å². The molecule has 6 nitrogen and oxygen atoms in total. The Hall–Kier alpha value is -2.46. The number of hydrogen-bond acceptors (Lipinski definition) is 4. The van der Waals surface area contributed by atoms with E-state index >= 15 is 0 Å². The third kappa shape index (κ3) is 6.65. The van der Waals surface area contributed by atoms with Crippen molar-refractivity contribution in [1.82, 2.24) is 0 Å². The van der Waals surface area contributed by atoms with Gasteiger partial charge in [0.05, 0.1) is 11.9 Å². The number of benzene rings is 2. The van der Waals surface area contributed by atoms with E-state index in [9.17, 15) is 26.4 Å². The third-order valence-corrected chi connectivity index (χ3v) is 4.57. The summed E-state index contributed by atoms with van der Waals surface area (Å²) in [5.74, 6) is -1.13. The van der Waals surface area contributed by atoms with Crippen molar-refractivity contribution >= 4 is 38.9 Å². The maximum atomic E-state index is 12.2. The van der Waals surface area contributed by atoms with Crippen LogP contribution in [0.5, 0.6) is 5.75 Å². The Morgan fingerprint density at radius 3 is 2.15 bits per heavy atom. The molecule has 0 aromatic heterocycles. The van der Waals surface area contributed by atoms with Gasteiger partial charge in [0.1, 0.15) is 12.3 Å². The first kappa shape index (κ1) is 20.8. The maximum absolute atomic E-state index is 12.2. The largest absolute Gasteiger partial charge is 0.573 e. The molecule has 0 aliphatic heterocycles. The highest BCUT2D eigenvalue weighted by Gasteiger charge is 2.31. The lowest BCUT2D eigenvalue weighted by atomic mass is 10.3. The van der Waals surface area contributed by atoms with Gasteiger partial charge in [-0.3, -0.25) is 9.10 Å². The number of carbonyl (C=O) groups is 1. The first-order chi connectivity index (χ1) is 12.4. The molecule has 0 spiro atoms. The van der Waals surface area contributed by atoms with Gasteiger partial charge in [0.25, 0.3) is 0 Å². The SMILES string of the molecule is CS(=O)(=O)N(CC(=O)Nc1ccc(OC(F)(F)F)cc1)c1ccc(Cl)cc1. The maximum Gasteiger partial charge on any atom is 0.573 e. The molecule has 1 amide bonds. The fourth-order valence-corrected chi connectivity index (χ4v) is 3.06. The zero-order valence-electron chi connectivity index (χ0n) is 13.8. The monoisotopic (exact) mass is 422 g/mol. The Labute approximate surface area is 158 Å². The second-order valence-corrected chi connectivity index (χ2v) is 7.71. The van der Waals surface area contributed by atoms with Gasteiger partial charge in [0, 0.05) is 10.7 Å². The Kier molecular flexibility index (Phi) is 6.22. The van der Waals surface area contributed by atoms with Gasteiger partial charge >= 0.3 is 6.36 Å². The van der Waals surface area contributed by atoms with E-state index < -0.39 is 34.6 Å². The lowest BCUT2D eigenvalue weighted by Crippen LogP contribution is -2.37. The van der Waals surface area contributed by atoms with Crippen LogP contribution in [0.25, 0.3) is 0 Å². The fraction of sp³-hybridized carbons (Fsp3) is 0.188. The quantitative estimate of drug-likeness (QED) is 0.771. The van der Waals surface area contributed by atoms with Crippen LogP contribution in [0.1, 0.15) is 0 Å². The van der Waals surface area contributed by atoms with Crippen molar-refractivity contribution in [3.63, 3.8) is 0 Å². The lowest BCUT2D eigenvalue weighted by Gasteiger charge is -2.22. The Balaban J connectivity index is 2.09. The summed E-state index contributed by atoms with van der Waals surface area (Å²) < 4.78 is 64.9. The second kappa shape index (κ2) is 8.05. The normalized spacial score (nSPS) is 11.7. The van der Waals surface area contributed by atoms with Gasteiger partial charge in [0.2, 0.25) is 15.9 Å². The fourth-order valence-electron chi connectivity index (χ4n) is 2.08. The highest BCUT2D eigenvalue weighted by molar-refractivity contribution is 7.92. The molecule has 0 fully saturated rings. The molecule has 11 heteroatoms. The van der Waals surface area contributed by atoms with Gasteiger partial charge in [-0.25, -0.2) is 8.42 Å². The molecule has 0 radical (unpaired) electrons. The Morgan fingerprint density at radius 1 is 1.11 bits per heavy atom. The lowest BCUT2D eigenvalue weighted by molar-refractivity contribution is -0.274. The summed E-state index contributed by atoms with van der Waals surface area (Å²) in [4.78, 5) is 12.2. The van der Waals surface area contributed by atoms with E-state index in [0.29, 0.717) is 5.02 Å². The number of carbonyl (C=O) groups excluding carboxylic acids is 1. The van der Waals surface area contributed by atoms with Gasteiger partial charge in [-0.05, 0) is 48.5 Å². The van der Waals surface area contributed by atoms with Crippen molar-refractivity contribution in [1.29, 1.82) is 0 Å². The van der Waals surface area contributed by atoms with Gasteiger partial charge in [-0.2, -0.15) is 0 Å². The van der Waals surface area contributed by atoms with Gasteiger partial charge in [0.15, 0.2) is 0 Å². The smallest absolute Gasteiger partial charge is 0.406 e. The van der Waals surface area contributed by atoms with Crippen LogP contribution in [0.2, 0.25) is 5.02 Å². The number of amides is 1. The molecule has 0 bridgehead atoms. The number of nitrogens with zero attached hydrogens (tertiary/aromatic N) is 1. The van der Waals surface area contributed by atoms with Crippen molar-refractivity contribution in [2.45, 2.75) is 6.36 Å². The average molecular weight is 423 g/mol. The van der Waals surface area contributed by atoms with E-state index in [0.717, 1.165) is 22.7 Å². The summed E-state index contributed by atoms with van der Waals surface area (Å²) in [6, 6.07) is 10.3. The predicted molar refractivity (Wildman–Crippen MR) is 95.4 cm³/mol. The van der Waals surface area contributed by atoms with Crippen LogP contribution in [-0.2, 0) is 14.8 Å². The summed E-state index contributed by atoms with van der Waals surface area (Å²) in [5.41, 5.74) is 0.421. The van der Waals surface area contributed by atoms with Crippen molar-refractivity contribution in [2.24, 2.45) is 0 Å².